The third-order valence-corrected chi connectivity index (χ3v) is 5.94. The van der Waals surface area contributed by atoms with E-state index in [4.69, 9.17) is 10.1 Å². The smallest absolute Gasteiger partial charge is 0.186 e. The maximum Gasteiger partial charge on any atom is 0.186 e. The molecular formula is C18H23N5OS. The number of hydrogen-bond donors (Lipinski definition) is 1. The van der Waals surface area contributed by atoms with Gasteiger partial charge in [0.25, 0.3) is 0 Å². The molecule has 3 heterocycles. The second-order valence-corrected chi connectivity index (χ2v) is 7.50. The van der Waals surface area contributed by atoms with Crippen LogP contribution in [0.2, 0.25) is 0 Å². The first-order valence-corrected chi connectivity index (χ1v) is 9.49. The number of benzene rings is 1. The van der Waals surface area contributed by atoms with Crippen molar-refractivity contribution in [3.63, 3.8) is 0 Å². The number of aromatic nitrogens is 3. The lowest BCUT2D eigenvalue weighted by molar-refractivity contribution is 0.137. The van der Waals surface area contributed by atoms with Crippen LogP contribution in [-0.4, -0.2) is 63.6 Å². The zero-order valence-corrected chi connectivity index (χ0v) is 15.4. The Morgan fingerprint density at radius 1 is 1.32 bits per heavy atom. The van der Waals surface area contributed by atoms with E-state index in [0.29, 0.717) is 6.04 Å². The summed E-state index contributed by atoms with van der Waals surface area (Å²) in [7, 11) is 1.93. The summed E-state index contributed by atoms with van der Waals surface area (Å²) in [4.78, 5) is 9.47. The maximum atomic E-state index is 9.16. The fraction of sp³-hybridized carbons (Fsp3) is 0.444. The van der Waals surface area contributed by atoms with E-state index < -0.39 is 0 Å². The summed E-state index contributed by atoms with van der Waals surface area (Å²) in [6.45, 7) is 6.08. The van der Waals surface area contributed by atoms with Crippen molar-refractivity contribution in [2.24, 2.45) is 7.05 Å². The fourth-order valence-electron chi connectivity index (χ4n) is 3.37. The van der Waals surface area contributed by atoms with Crippen LogP contribution in [0.1, 0.15) is 6.92 Å². The van der Waals surface area contributed by atoms with Gasteiger partial charge in [0.15, 0.2) is 5.13 Å². The van der Waals surface area contributed by atoms with Gasteiger partial charge in [-0.05, 0) is 24.2 Å². The third kappa shape index (κ3) is 3.15. The van der Waals surface area contributed by atoms with Gasteiger partial charge in [0.1, 0.15) is 0 Å². The van der Waals surface area contributed by atoms with Crippen molar-refractivity contribution in [1.82, 2.24) is 19.7 Å². The minimum Gasteiger partial charge on any atom is -0.395 e. The minimum atomic E-state index is 0.225. The molecule has 7 heteroatoms. The largest absolute Gasteiger partial charge is 0.395 e. The molecule has 4 rings (SSSR count). The number of hydrogen-bond acceptors (Lipinski definition) is 6. The first-order valence-electron chi connectivity index (χ1n) is 8.67. The summed E-state index contributed by atoms with van der Waals surface area (Å²) in [6, 6.07) is 6.94. The molecule has 2 aromatic heterocycles. The van der Waals surface area contributed by atoms with Crippen molar-refractivity contribution in [2.75, 3.05) is 37.7 Å². The summed E-state index contributed by atoms with van der Waals surface area (Å²) in [6.07, 6.45) is 3.92. The van der Waals surface area contributed by atoms with Gasteiger partial charge >= 0.3 is 0 Å². The number of aliphatic hydroxyl groups excluding tert-OH is 1. The van der Waals surface area contributed by atoms with E-state index in [-0.39, 0.29) is 6.61 Å². The monoisotopic (exact) mass is 357 g/mol. The van der Waals surface area contributed by atoms with Gasteiger partial charge in [-0.1, -0.05) is 24.3 Å². The number of nitrogens with zero attached hydrogens (tertiary/aromatic N) is 5. The molecule has 25 heavy (non-hydrogen) atoms. The Morgan fingerprint density at radius 2 is 2.16 bits per heavy atom. The van der Waals surface area contributed by atoms with Crippen LogP contribution in [0.4, 0.5) is 5.13 Å². The minimum absolute atomic E-state index is 0.225. The van der Waals surface area contributed by atoms with E-state index in [9.17, 15) is 0 Å². The van der Waals surface area contributed by atoms with Gasteiger partial charge in [0, 0.05) is 44.5 Å². The van der Waals surface area contributed by atoms with Gasteiger partial charge < -0.3 is 10.0 Å². The van der Waals surface area contributed by atoms with Crippen LogP contribution in [-0.2, 0) is 7.05 Å². The van der Waals surface area contributed by atoms with Crippen molar-refractivity contribution in [1.29, 1.82) is 0 Å². The van der Waals surface area contributed by atoms with Gasteiger partial charge in [-0.2, -0.15) is 5.10 Å². The van der Waals surface area contributed by atoms with Gasteiger partial charge in [-0.3, -0.25) is 9.58 Å². The molecule has 0 unspecified atom stereocenters. The molecule has 1 aromatic carbocycles. The van der Waals surface area contributed by atoms with E-state index >= 15 is 0 Å². The van der Waals surface area contributed by atoms with Crippen LogP contribution in [0.15, 0.2) is 30.6 Å². The number of anilines is 1. The van der Waals surface area contributed by atoms with Gasteiger partial charge in [-0.15, -0.1) is 0 Å². The average molecular weight is 357 g/mol. The van der Waals surface area contributed by atoms with Crippen LogP contribution in [0.25, 0.3) is 21.3 Å². The van der Waals surface area contributed by atoms with E-state index in [2.05, 4.69) is 40.0 Å². The molecular weight excluding hydrogens is 334 g/mol. The molecule has 0 atom stereocenters. The highest BCUT2D eigenvalue weighted by Crippen LogP contribution is 2.34. The summed E-state index contributed by atoms with van der Waals surface area (Å²) in [5, 5.41) is 14.5. The Balaban J connectivity index is 1.51. The van der Waals surface area contributed by atoms with Crippen LogP contribution in [0.3, 0.4) is 0 Å². The molecule has 0 bridgehead atoms. The van der Waals surface area contributed by atoms with E-state index in [1.54, 1.807) is 11.3 Å². The predicted octanol–water partition coefficient (Wildman–Crippen LogP) is 2.20. The second kappa shape index (κ2) is 6.74. The van der Waals surface area contributed by atoms with Crippen molar-refractivity contribution in [3.05, 3.63) is 30.6 Å². The highest BCUT2D eigenvalue weighted by molar-refractivity contribution is 7.22. The molecule has 132 valence electrons. The van der Waals surface area contributed by atoms with Crippen molar-refractivity contribution in [3.8, 4) is 11.1 Å². The van der Waals surface area contributed by atoms with Crippen LogP contribution < -0.4 is 4.90 Å². The Morgan fingerprint density at radius 3 is 2.84 bits per heavy atom. The molecule has 1 aliphatic rings. The molecule has 1 fully saturated rings. The molecule has 6 nitrogen and oxygen atoms in total. The van der Waals surface area contributed by atoms with Crippen molar-refractivity contribution < 1.29 is 5.11 Å². The topological polar surface area (TPSA) is 57.4 Å². The molecule has 3 aromatic rings. The summed E-state index contributed by atoms with van der Waals surface area (Å²) in [5.74, 6) is 0. The second-order valence-electron chi connectivity index (χ2n) is 6.49. The van der Waals surface area contributed by atoms with Gasteiger partial charge in [0.2, 0.25) is 0 Å². The summed E-state index contributed by atoms with van der Waals surface area (Å²) < 4.78 is 3.03. The molecule has 1 saturated heterocycles. The van der Waals surface area contributed by atoms with Gasteiger partial charge in [-0.25, -0.2) is 4.98 Å². The normalized spacial score (nSPS) is 15.3. The first kappa shape index (κ1) is 16.5. The molecule has 0 aliphatic carbocycles. The average Bonchev–Trinajstić information content (AvgIpc) is 3.17. The van der Waals surface area contributed by atoms with Crippen LogP contribution >= 0.6 is 11.3 Å². The number of aliphatic hydroxyl groups is 1. The maximum absolute atomic E-state index is 9.16. The number of fused-ring (bicyclic) bond motifs is 1. The first-order chi connectivity index (χ1) is 12.2. The molecule has 0 amide bonds. The lowest BCUT2D eigenvalue weighted by atomic mass is 10.1. The Bertz CT molecular complexity index is 867. The lowest BCUT2D eigenvalue weighted by Crippen LogP contribution is -2.60. The third-order valence-electron chi connectivity index (χ3n) is 4.86. The predicted molar refractivity (Wildman–Crippen MR) is 102 cm³/mol. The Kier molecular flexibility index (Phi) is 4.45. The molecule has 0 radical (unpaired) electrons. The molecule has 1 aliphatic heterocycles. The number of aryl methyl sites for hydroxylation is 1. The molecule has 1 N–H and O–H groups in total. The Hall–Kier alpha value is -1.96. The number of likely N-dealkylation sites (N-methyl/N-ethyl adjacent to an activating group) is 1. The van der Waals surface area contributed by atoms with Crippen molar-refractivity contribution in [2.45, 2.75) is 13.0 Å². The highest BCUT2D eigenvalue weighted by atomic mass is 32.1. The quantitative estimate of drug-likeness (QED) is 0.733. The lowest BCUT2D eigenvalue weighted by Gasteiger charge is -2.45. The van der Waals surface area contributed by atoms with E-state index in [1.807, 2.05) is 24.1 Å². The fourth-order valence-corrected chi connectivity index (χ4v) is 4.39. The molecule has 0 saturated carbocycles. The van der Waals surface area contributed by atoms with Crippen LogP contribution in [0.5, 0.6) is 0 Å². The van der Waals surface area contributed by atoms with E-state index in [0.717, 1.165) is 42.4 Å². The number of rotatable bonds is 6. The van der Waals surface area contributed by atoms with Crippen LogP contribution in [0, 0.1) is 0 Å². The SMILES string of the molecule is CCN(CCO)C1CN(c2nc3ccc(-c4cnn(C)c4)cc3s2)C1. The standard InChI is InChI=1S/C18H23N5OS/c1-3-22(6-7-24)15-11-23(12-15)18-20-16-5-4-13(8-17(16)25-18)14-9-19-21(2)10-14/h4-5,8-10,15,24H,3,6-7,11-12H2,1-2H3. The number of thiazole rings is 1. The highest BCUT2D eigenvalue weighted by Gasteiger charge is 2.32. The zero-order chi connectivity index (χ0) is 17.4. The van der Waals surface area contributed by atoms with Crippen molar-refractivity contribution >= 4 is 26.7 Å². The zero-order valence-electron chi connectivity index (χ0n) is 14.6. The summed E-state index contributed by atoms with van der Waals surface area (Å²) >= 11 is 1.75. The van der Waals surface area contributed by atoms with E-state index in [1.165, 1.54) is 10.3 Å². The summed E-state index contributed by atoms with van der Waals surface area (Å²) in [5.41, 5.74) is 3.36. The Labute approximate surface area is 151 Å². The van der Waals surface area contributed by atoms with Gasteiger partial charge in [0.05, 0.1) is 23.0 Å². The molecule has 0 spiro atoms.